The molecule has 3 nitrogen and oxygen atoms in total. The van der Waals surface area contributed by atoms with Crippen molar-refractivity contribution in [3.63, 3.8) is 0 Å². The molecule has 0 saturated carbocycles. The van der Waals surface area contributed by atoms with E-state index in [1.54, 1.807) is 7.11 Å². The van der Waals surface area contributed by atoms with Crippen molar-refractivity contribution >= 4 is 0 Å². The lowest BCUT2D eigenvalue weighted by atomic mass is 10.3. The summed E-state index contributed by atoms with van der Waals surface area (Å²) in [7, 11) is 1.69. The van der Waals surface area contributed by atoms with Gasteiger partial charge < -0.3 is 14.2 Å². The van der Waals surface area contributed by atoms with Gasteiger partial charge in [0.1, 0.15) is 0 Å². The average molecular weight is 204 g/mol. The highest BCUT2D eigenvalue weighted by atomic mass is 16.6. The Balaban J connectivity index is 3.23. The number of rotatable bonds is 9. The normalized spacial score (nSPS) is 15.4. The molecule has 0 aromatic rings. The second kappa shape index (κ2) is 9.44. The largest absolute Gasteiger partial charge is 0.379 e. The van der Waals surface area contributed by atoms with Crippen LogP contribution < -0.4 is 0 Å². The van der Waals surface area contributed by atoms with Crippen LogP contribution in [-0.4, -0.2) is 39.1 Å². The van der Waals surface area contributed by atoms with E-state index in [0.717, 1.165) is 13.0 Å². The quantitative estimate of drug-likeness (QED) is 0.539. The van der Waals surface area contributed by atoms with Gasteiger partial charge >= 0.3 is 0 Å². The zero-order chi connectivity index (χ0) is 10.8. The molecule has 0 aliphatic heterocycles. The lowest BCUT2D eigenvalue weighted by molar-refractivity contribution is -0.0465. The molecule has 0 aliphatic carbocycles. The van der Waals surface area contributed by atoms with Crippen LogP contribution in [0.2, 0.25) is 0 Å². The van der Waals surface area contributed by atoms with E-state index in [1.807, 2.05) is 13.8 Å². The van der Waals surface area contributed by atoms with E-state index in [9.17, 15) is 0 Å². The van der Waals surface area contributed by atoms with Crippen LogP contribution >= 0.6 is 0 Å². The number of unbranched alkanes of at least 4 members (excludes halogenated alkanes) is 1. The fourth-order valence-corrected chi connectivity index (χ4v) is 0.912. The van der Waals surface area contributed by atoms with Crippen LogP contribution in [0.25, 0.3) is 0 Å². The first-order valence-corrected chi connectivity index (χ1v) is 5.42. The number of hydrogen-bond acceptors (Lipinski definition) is 3. The van der Waals surface area contributed by atoms with Gasteiger partial charge in [-0.25, -0.2) is 0 Å². The van der Waals surface area contributed by atoms with Gasteiger partial charge in [0.05, 0.1) is 25.4 Å². The van der Waals surface area contributed by atoms with Crippen molar-refractivity contribution < 1.29 is 14.2 Å². The third kappa shape index (κ3) is 8.48. The average Bonchev–Trinajstić information content (AvgIpc) is 2.21. The van der Waals surface area contributed by atoms with Gasteiger partial charge in [0.15, 0.2) is 0 Å². The summed E-state index contributed by atoms with van der Waals surface area (Å²) in [4.78, 5) is 0. The predicted molar refractivity (Wildman–Crippen MR) is 57.6 cm³/mol. The summed E-state index contributed by atoms with van der Waals surface area (Å²) in [5, 5.41) is 0. The topological polar surface area (TPSA) is 27.7 Å². The van der Waals surface area contributed by atoms with Crippen molar-refractivity contribution in [2.75, 3.05) is 26.9 Å². The molecule has 3 heteroatoms. The van der Waals surface area contributed by atoms with Crippen molar-refractivity contribution in [1.82, 2.24) is 0 Å². The minimum atomic E-state index is 0.157. The molecule has 2 unspecified atom stereocenters. The highest BCUT2D eigenvalue weighted by Crippen LogP contribution is 1.97. The third-order valence-corrected chi connectivity index (χ3v) is 2.01. The third-order valence-electron chi connectivity index (χ3n) is 2.01. The van der Waals surface area contributed by atoms with Crippen LogP contribution in [0.3, 0.4) is 0 Å². The maximum Gasteiger partial charge on any atom is 0.0781 e. The Morgan fingerprint density at radius 2 is 1.79 bits per heavy atom. The Morgan fingerprint density at radius 3 is 2.36 bits per heavy atom. The van der Waals surface area contributed by atoms with Gasteiger partial charge in [0.2, 0.25) is 0 Å². The minimum absolute atomic E-state index is 0.157. The van der Waals surface area contributed by atoms with E-state index in [2.05, 4.69) is 6.92 Å². The fraction of sp³-hybridized carbons (Fsp3) is 1.00. The number of methoxy groups -OCH3 is 1. The van der Waals surface area contributed by atoms with Crippen LogP contribution in [0.1, 0.15) is 33.6 Å². The number of hydrogen-bond donors (Lipinski definition) is 0. The van der Waals surface area contributed by atoms with Gasteiger partial charge in [-0.05, 0) is 20.3 Å². The molecule has 0 radical (unpaired) electrons. The maximum absolute atomic E-state index is 5.52. The van der Waals surface area contributed by atoms with Crippen molar-refractivity contribution in [3.05, 3.63) is 0 Å². The molecule has 0 aliphatic rings. The maximum atomic E-state index is 5.52. The summed E-state index contributed by atoms with van der Waals surface area (Å²) in [5.41, 5.74) is 0. The van der Waals surface area contributed by atoms with Crippen molar-refractivity contribution in [3.8, 4) is 0 Å². The van der Waals surface area contributed by atoms with Gasteiger partial charge in [0.25, 0.3) is 0 Å². The predicted octanol–water partition coefficient (Wildman–Crippen LogP) is 2.24. The van der Waals surface area contributed by atoms with Crippen LogP contribution in [0.15, 0.2) is 0 Å². The summed E-state index contributed by atoms with van der Waals surface area (Å²) < 4.78 is 16.0. The van der Waals surface area contributed by atoms with Crippen LogP contribution in [0, 0.1) is 0 Å². The number of ether oxygens (including phenoxy) is 3. The van der Waals surface area contributed by atoms with Gasteiger partial charge in [-0.1, -0.05) is 13.3 Å². The lowest BCUT2D eigenvalue weighted by Crippen LogP contribution is -2.22. The van der Waals surface area contributed by atoms with E-state index < -0.39 is 0 Å². The Morgan fingerprint density at radius 1 is 1.07 bits per heavy atom. The highest BCUT2D eigenvalue weighted by Gasteiger charge is 2.05. The zero-order valence-corrected chi connectivity index (χ0v) is 9.91. The van der Waals surface area contributed by atoms with Crippen LogP contribution in [0.5, 0.6) is 0 Å². The smallest absolute Gasteiger partial charge is 0.0781 e. The molecule has 2 atom stereocenters. The molecule has 0 bridgehead atoms. The lowest BCUT2D eigenvalue weighted by Gasteiger charge is -2.16. The SMILES string of the molecule is CCCCOCC(C)OCC(C)OC. The molecular weight excluding hydrogens is 180 g/mol. The molecular formula is C11H24O3. The summed E-state index contributed by atoms with van der Waals surface area (Å²) >= 11 is 0. The molecule has 0 aromatic carbocycles. The van der Waals surface area contributed by atoms with Gasteiger partial charge in [-0.2, -0.15) is 0 Å². The van der Waals surface area contributed by atoms with Crippen molar-refractivity contribution in [2.45, 2.75) is 45.8 Å². The first-order valence-electron chi connectivity index (χ1n) is 5.42. The molecule has 0 aromatic heterocycles. The Bertz CT molecular complexity index is 117. The second-order valence-corrected chi connectivity index (χ2v) is 3.62. The van der Waals surface area contributed by atoms with Gasteiger partial charge in [-0.3, -0.25) is 0 Å². The van der Waals surface area contributed by atoms with E-state index >= 15 is 0 Å². The first-order chi connectivity index (χ1) is 6.70. The van der Waals surface area contributed by atoms with Crippen LogP contribution in [0.4, 0.5) is 0 Å². The molecule has 14 heavy (non-hydrogen) atoms. The summed E-state index contributed by atoms with van der Waals surface area (Å²) in [6, 6.07) is 0. The van der Waals surface area contributed by atoms with E-state index in [-0.39, 0.29) is 12.2 Å². The van der Waals surface area contributed by atoms with Gasteiger partial charge in [-0.15, -0.1) is 0 Å². The molecule has 0 N–H and O–H groups in total. The van der Waals surface area contributed by atoms with Crippen molar-refractivity contribution in [2.24, 2.45) is 0 Å². The molecule has 86 valence electrons. The molecule has 0 fully saturated rings. The Hall–Kier alpha value is -0.120. The van der Waals surface area contributed by atoms with Crippen LogP contribution in [-0.2, 0) is 14.2 Å². The molecule has 0 heterocycles. The molecule has 0 spiro atoms. The summed E-state index contributed by atoms with van der Waals surface area (Å²) in [6.45, 7) is 8.32. The highest BCUT2D eigenvalue weighted by molar-refractivity contribution is 4.51. The zero-order valence-electron chi connectivity index (χ0n) is 9.91. The molecule has 0 saturated heterocycles. The fourth-order valence-electron chi connectivity index (χ4n) is 0.912. The van der Waals surface area contributed by atoms with Gasteiger partial charge in [0, 0.05) is 13.7 Å². The minimum Gasteiger partial charge on any atom is -0.379 e. The molecule has 0 rings (SSSR count). The Labute approximate surface area is 87.7 Å². The Kier molecular flexibility index (Phi) is 9.35. The van der Waals surface area contributed by atoms with E-state index in [1.165, 1.54) is 6.42 Å². The monoisotopic (exact) mass is 204 g/mol. The van der Waals surface area contributed by atoms with E-state index in [4.69, 9.17) is 14.2 Å². The van der Waals surface area contributed by atoms with Crippen molar-refractivity contribution in [1.29, 1.82) is 0 Å². The van der Waals surface area contributed by atoms with E-state index in [0.29, 0.717) is 13.2 Å². The second-order valence-electron chi connectivity index (χ2n) is 3.62. The summed E-state index contributed by atoms with van der Waals surface area (Å²) in [5.74, 6) is 0. The molecule has 0 amide bonds. The standard InChI is InChI=1S/C11H24O3/c1-5-6-7-13-8-11(3)14-9-10(2)12-4/h10-11H,5-9H2,1-4H3. The summed E-state index contributed by atoms with van der Waals surface area (Å²) in [6.07, 6.45) is 2.62. The first kappa shape index (κ1) is 13.9.